The Bertz CT molecular complexity index is 529. The normalized spacial score (nSPS) is 11.8. The Hall–Kier alpha value is -2.20. The SMILES string of the molecule is C[C@H](OCc1ccccc1)C(=O)NCc1cccnc1. The molecule has 0 aliphatic carbocycles. The molecular formula is C16H18N2O2. The zero-order chi connectivity index (χ0) is 14.2. The molecule has 1 aromatic heterocycles. The molecule has 1 N–H and O–H groups in total. The maximum absolute atomic E-state index is 11.9. The van der Waals surface area contributed by atoms with Crippen LogP contribution in [0.1, 0.15) is 18.1 Å². The van der Waals surface area contributed by atoms with Gasteiger partial charge in [0.2, 0.25) is 5.91 Å². The number of carbonyl (C=O) groups is 1. The number of hydrogen-bond donors (Lipinski definition) is 1. The van der Waals surface area contributed by atoms with Crippen molar-refractivity contribution in [1.29, 1.82) is 0 Å². The average Bonchev–Trinajstić information content (AvgIpc) is 2.52. The van der Waals surface area contributed by atoms with Crippen molar-refractivity contribution in [2.24, 2.45) is 0 Å². The van der Waals surface area contributed by atoms with Crippen molar-refractivity contribution >= 4 is 5.91 Å². The van der Waals surface area contributed by atoms with E-state index in [1.165, 1.54) is 0 Å². The lowest BCUT2D eigenvalue weighted by atomic mass is 10.2. The first-order chi connectivity index (χ1) is 9.75. The van der Waals surface area contributed by atoms with Crippen LogP contribution < -0.4 is 5.32 Å². The average molecular weight is 270 g/mol. The Morgan fingerprint density at radius 1 is 1.20 bits per heavy atom. The molecule has 0 radical (unpaired) electrons. The number of amides is 1. The van der Waals surface area contributed by atoms with Crippen LogP contribution in [0, 0.1) is 0 Å². The lowest BCUT2D eigenvalue weighted by molar-refractivity contribution is -0.132. The fourth-order valence-electron chi connectivity index (χ4n) is 1.71. The molecule has 2 aromatic rings. The molecule has 0 unspecified atom stereocenters. The Morgan fingerprint density at radius 3 is 2.65 bits per heavy atom. The first kappa shape index (κ1) is 14.2. The van der Waals surface area contributed by atoms with Crippen molar-refractivity contribution in [2.75, 3.05) is 0 Å². The van der Waals surface area contributed by atoms with Crippen LogP contribution in [0.25, 0.3) is 0 Å². The Balaban J connectivity index is 1.75. The van der Waals surface area contributed by atoms with E-state index in [2.05, 4.69) is 10.3 Å². The second-order valence-electron chi connectivity index (χ2n) is 4.52. The molecular weight excluding hydrogens is 252 g/mol. The molecule has 2 rings (SSSR count). The van der Waals surface area contributed by atoms with Crippen LogP contribution in [0.2, 0.25) is 0 Å². The maximum Gasteiger partial charge on any atom is 0.249 e. The summed E-state index contributed by atoms with van der Waals surface area (Å²) < 4.78 is 5.55. The third kappa shape index (κ3) is 4.48. The van der Waals surface area contributed by atoms with E-state index >= 15 is 0 Å². The van der Waals surface area contributed by atoms with Crippen molar-refractivity contribution in [3.05, 3.63) is 66.0 Å². The molecule has 4 nitrogen and oxygen atoms in total. The molecule has 1 aromatic carbocycles. The zero-order valence-corrected chi connectivity index (χ0v) is 11.5. The third-order valence-electron chi connectivity index (χ3n) is 2.90. The fraction of sp³-hybridized carbons (Fsp3) is 0.250. The minimum Gasteiger partial charge on any atom is -0.364 e. The van der Waals surface area contributed by atoms with Crippen LogP contribution in [-0.2, 0) is 22.7 Å². The molecule has 1 amide bonds. The number of nitrogens with one attached hydrogen (secondary N) is 1. The summed E-state index contributed by atoms with van der Waals surface area (Å²) in [7, 11) is 0. The van der Waals surface area contributed by atoms with Crippen LogP contribution >= 0.6 is 0 Å². The molecule has 104 valence electrons. The van der Waals surface area contributed by atoms with Crippen molar-refractivity contribution < 1.29 is 9.53 Å². The van der Waals surface area contributed by atoms with Gasteiger partial charge in [0.05, 0.1) is 6.61 Å². The van der Waals surface area contributed by atoms with Crippen LogP contribution in [0.15, 0.2) is 54.9 Å². The van der Waals surface area contributed by atoms with E-state index in [1.54, 1.807) is 19.3 Å². The lowest BCUT2D eigenvalue weighted by Gasteiger charge is -2.13. The summed E-state index contributed by atoms with van der Waals surface area (Å²) in [4.78, 5) is 15.9. The number of carbonyl (C=O) groups excluding carboxylic acids is 1. The van der Waals surface area contributed by atoms with Gasteiger partial charge in [-0.05, 0) is 24.1 Å². The summed E-state index contributed by atoms with van der Waals surface area (Å²) in [5, 5.41) is 2.83. The monoisotopic (exact) mass is 270 g/mol. The first-order valence-corrected chi connectivity index (χ1v) is 6.58. The highest BCUT2D eigenvalue weighted by molar-refractivity contribution is 5.80. The summed E-state index contributed by atoms with van der Waals surface area (Å²) in [6.07, 6.45) is 2.96. The summed E-state index contributed by atoms with van der Waals surface area (Å²) >= 11 is 0. The van der Waals surface area contributed by atoms with Gasteiger partial charge in [-0.3, -0.25) is 9.78 Å². The Kier molecular flexibility index (Phi) is 5.26. The number of pyridine rings is 1. The molecule has 0 aliphatic heterocycles. The van der Waals surface area contributed by atoms with Crippen molar-refractivity contribution in [3.8, 4) is 0 Å². The minimum absolute atomic E-state index is 0.121. The Labute approximate surface area is 118 Å². The second-order valence-corrected chi connectivity index (χ2v) is 4.52. The van der Waals surface area contributed by atoms with E-state index in [9.17, 15) is 4.79 Å². The van der Waals surface area contributed by atoms with Crippen molar-refractivity contribution in [3.63, 3.8) is 0 Å². The minimum atomic E-state index is -0.480. The molecule has 4 heteroatoms. The van der Waals surface area contributed by atoms with Crippen LogP contribution in [0.4, 0.5) is 0 Å². The quantitative estimate of drug-likeness (QED) is 0.876. The molecule has 1 atom stereocenters. The van der Waals surface area contributed by atoms with Gasteiger partial charge in [0, 0.05) is 18.9 Å². The zero-order valence-electron chi connectivity index (χ0n) is 11.5. The van der Waals surface area contributed by atoms with Crippen LogP contribution in [-0.4, -0.2) is 17.0 Å². The molecule has 0 bridgehead atoms. The summed E-state index contributed by atoms with van der Waals surface area (Å²) in [6.45, 7) is 2.65. The highest BCUT2D eigenvalue weighted by Crippen LogP contribution is 2.03. The lowest BCUT2D eigenvalue weighted by Crippen LogP contribution is -2.34. The fourth-order valence-corrected chi connectivity index (χ4v) is 1.71. The maximum atomic E-state index is 11.9. The van der Waals surface area contributed by atoms with Gasteiger partial charge in [0.1, 0.15) is 6.10 Å². The third-order valence-corrected chi connectivity index (χ3v) is 2.90. The summed E-state index contributed by atoms with van der Waals surface area (Å²) in [6, 6.07) is 13.6. The molecule has 1 heterocycles. The highest BCUT2D eigenvalue weighted by atomic mass is 16.5. The van der Waals surface area contributed by atoms with E-state index < -0.39 is 6.10 Å². The second kappa shape index (κ2) is 7.40. The van der Waals surface area contributed by atoms with Gasteiger partial charge in [0.25, 0.3) is 0 Å². The number of benzene rings is 1. The number of nitrogens with zero attached hydrogens (tertiary/aromatic N) is 1. The summed E-state index contributed by atoms with van der Waals surface area (Å²) in [5.74, 6) is -0.121. The van der Waals surface area contributed by atoms with Crippen LogP contribution in [0.3, 0.4) is 0 Å². The molecule has 0 aliphatic rings. The number of rotatable bonds is 6. The molecule has 0 saturated carbocycles. The predicted molar refractivity (Wildman–Crippen MR) is 76.8 cm³/mol. The predicted octanol–water partition coefficient (Wildman–Crippen LogP) is 2.30. The largest absolute Gasteiger partial charge is 0.364 e. The van der Waals surface area contributed by atoms with E-state index in [-0.39, 0.29) is 5.91 Å². The van der Waals surface area contributed by atoms with Gasteiger partial charge < -0.3 is 10.1 Å². The molecule has 0 spiro atoms. The molecule has 20 heavy (non-hydrogen) atoms. The van der Waals surface area contributed by atoms with Crippen LogP contribution in [0.5, 0.6) is 0 Å². The molecule has 0 saturated heterocycles. The number of aromatic nitrogens is 1. The van der Waals surface area contributed by atoms with Gasteiger partial charge in [-0.2, -0.15) is 0 Å². The Morgan fingerprint density at radius 2 is 1.95 bits per heavy atom. The number of hydrogen-bond acceptors (Lipinski definition) is 3. The van der Waals surface area contributed by atoms with Crippen molar-refractivity contribution in [1.82, 2.24) is 10.3 Å². The standard InChI is InChI=1S/C16H18N2O2/c1-13(20-12-14-6-3-2-4-7-14)16(19)18-11-15-8-5-9-17-10-15/h2-10,13H,11-12H2,1H3,(H,18,19)/t13-/m0/s1. The van der Waals surface area contributed by atoms with Gasteiger partial charge in [-0.25, -0.2) is 0 Å². The van der Waals surface area contributed by atoms with Gasteiger partial charge in [-0.1, -0.05) is 36.4 Å². The topological polar surface area (TPSA) is 51.2 Å². The van der Waals surface area contributed by atoms with Gasteiger partial charge in [0.15, 0.2) is 0 Å². The van der Waals surface area contributed by atoms with Gasteiger partial charge >= 0.3 is 0 Å². The molecule has 0 fully saturated rings. The van der Waals surface area contributed by atoms with E-state index in [4.69, 9.17) is 4.74 Å². The van der Waals surface area contributed by atoms with E-state index in [0.29, 0.717) is 13.2 Å². The number of ether oxygens (including phenoxy) is 1. The summed E-state index contributed by atoms with van der Waals surface area (Å²) in [5.41, 5.74) is 2.02. The smallest absolute Gasteiger partial charge is 0.249 e. The van der Waals surface area contributed by atoms with E-state index in [1.807, 2.05) is 42.5 Å². The van der Waals surface area contributed by atoms with Crippen molar-refractivity contribution in [2.45, 2.75) is 26.2 Å². The highest BCUT2D eigenvalue weighted by Gasteiger charge is 2.12. The first-order valence-electron chi connectivity index (χ1n) is 6.58. The van der Waals surface area contributed by atoms with E-state index in [0.717, 1.165) is 11.1 Å². The van der Waals surface area contributed by atoms with Gasteiger partial charge in [-0.15, -0.1) is 0 Å².